The van der Waals surface area contributed by atoms with E-state index < -0.39 is 52.5 Å². The lowest BCUT2D eigenvalue weighted by molar-refractivity contribution is -0.119. The molecule has 1 fully saturated rings. The number of ether oxygens (including phenoxy) is 2. The third-order valence-corrected chi connectivity index (χ3v) is 7.72. The number of hydrogen-bond acceptors (Lipinski definition) is 7. The van der Waals surface area contributed by atoms with Gasteiger partial charge in [0.1, 0.15) is 28.8 Å². The number of halogens is 3. The number of hydrogen-bond donors (Lipinski definition) is 3. The number of aromatic nitrogens is 2. The molecular weight excluding hydrogens is 615 g/mol. The van der Waals surface area contributed by atoms with E-state index in [0.717, 1.165) is 24.3 Å². The lowest BCUT2D eigenvalue weighted by atomic mass is 9.86. The van der Waals surface area contributed by atoms with E-state index in [1.807, 2.05) is 34.6 Å². The molecule has 4 unspecified atom stereocenters. The van der Waals surface area contributed by atoms with Crippen LogP contribution in [0.25, 0.3) is 11.3 Å². The maximum Gasteiger partial charge on any atom is 0.274 e. The van der Waals surface area contributed by atoms with E-state index in [-0.39, 0.29) is 35.0 Å². The first-order chi connectivity index (χ1) is 22.1. The van der Waals surface area contributed by atoms with Crippen molar-refractivity contribution >= 4 is 29.6 Å². The quantitative estimate of drug-likeness (QED) is 0.238. The second kappa shape index (κ2) is 16.0. The van der Waals surface area contributed by atoms with E-state index in [9.17, 15) is 27.6 Å². The van der Waals surface area contributed by atoms with Gasteiger partial charge in [0.05, 0.1) is 35.3 Å². The highest BCUT2D eigenvalue weighted by molar-refractivity contribution is 6.03. The summed E-state index contributed by atoms with van der Waals surface area (Å²) in [5.74, 6) is -4.99. The first-order valence-electron chi connectivity index (χ1n) is 15.2. The number of nitrogens with one attached hydrogen (secondary N) is 3. The zero-order valence-corrected chi connectivity index (χ0v) is 27.8. The van der Waals surface area contributed by atoms with Gasteiger partial charge in [0, 0.05) is 42.4 Å². The average Bonchev–Trinajstić information content (AvgIpc) is 3.00. The molecule has 3 amide bonds. The molecule has 3 aromatic rings. The van der Waals surface area contributed by atoms with Gasteiger partial charge in [-0.15, -0.1) is 0 Å². The van der Waals surface area contributed by atoms with Gasteiger partial charge in [0.25, 0.3) is 5.91 Å². The topological polar surface area (TPSA) is 132 Å². The van der Waals surface area contributed by atoms with Crippen LogP contribution < -0.4 is 16.0 Å². The molecule has 254 valence electrons. The first-order valence-corrected chi connectivity index (χ1v) is 15.2. The fourth-order valence-electron chi connectivity index (χ4n) is 4.60. The normalized spacial score (nSPS) is 19.3. The van der Waals surface area contributed by atoms with Gasteiger partial charge in [-0.25, -0.2) is 18.2 Å². The lowest BCUT2D eigenvalue weighted by Gasteiger charge is -2.39. The summed E-state index contributed by atoms with van der Waals surface area (Å²) in [5, 5.41) is 7.87. The molecule has 4 rings (SSSR count). The largest absolute Gasteiger partial charge is 0.379 e. The summed E-state index contributed by atoms with van der Waals surface area (Å²) in [6, 6.07) is 5.20. The number of anilines is 2. The predicted octanol–water partition coefficient (Wildman–Crippen LogP) is 6.44. The van der Waals surface area contributed by atoms with Crippen LogP contribution in [0.2, 0.25) is 0 Å². The summed E-state index contributed by atoms with van der Waals surface area (Å²) in [5.41, 5.74) is -0.997. The second-order valence-electron chi connectivity index (χ2n) is 12.5. The van der Waals surface area contributed by atoms with Gasteiger partial charge in [-0.05, 0) is 64.4 Å². The number of carbonyl (C=O) groups excluding carboxylic acids is 3. The van der Waals surface area contributed by atoms with Crippen molar-refractivity contribution in [1.82, 2.24) is 15.3 Å². The summed E-state index contributed by atoms with van der Waals surface area (Å²) >= 11 is 0. The summed E-state index contributed by atoms with van der Waals surface area (Å²) in [6.07, 6.45) is 3.36. The summed E-state index contributed by atoms with van der Waals surface area (Å²) in [4.78, 5) is 44.2. The van der Waals surface area contributed by atoms with Crippen LogP contribution in [0.15, 0.2) is 42.7 Å². The van der Waals surface area contributed by atoms with Crippen molar-refractivity contribution in [2.24, 2.45) is 11.8 Å². The highest BCUT2D eigenvalue weighted by atomic mass is 19.1. The SMILES string of the molecule is CC(C)C(=O)Nc1cc(F)c(-c2nc(C(=O)Nc3cnccc3C3CC(NC=O)C(C)C(C)O3)ccc2F)c(F)c1.COC(C)(C)C. The molecule has 2 aromatic heterocycles. The van der Waals surface area contributed by atoms with Crippen LogP contribution in [0.4, 0.5) is 24.5 Å². The average molecular weight is 658 g/mol. The van der Waals surface area contributed by atoms with Crippen LogP contribution >= 0.6 is 0 Å². The first kappa shape index (κ1) is 37.1. The van der Waals surface area contributed by atoms with E-state index >= 15 is 0 Å². The maximum atomic E-state index is 15.0. The Morgan fingerprint density at radius 2 is 1.68 bits per heavy atom. The van der Waals surface area contributed by atoms with Crippen LogP contribution in [-0.4, -0.2) is 53.0 Å². The van der Waals surface area contributed by atoms with E-state index in [0.29, 0.717) is 24.1 Å². The predicted molar refractivity (Wildman–Crippen MR) is 172 cm³/mol. The minimum atomic E-state index is -1.17. The number of pyridine rings is 2. The molecule has 3 heterocycles. The summed E-state index contributed by atoms with van der Waals surface area (Å²) in [7, 11) is 1.71. The number of nitrogens with zero attached hydrogens (tertiary/aromatic N) is 2. The number of benzene rings is 1. The molecule has 10 nitrogen and oxygen atoms in total. The maximum absolute atomic E-state index is 15.0. The molecule has 13 heteroatoms. The van der Waals surface area contributed by atoms with Crippen molar-refractivity contribution in [2.75, 3.05) is 17.7 Å². The van der Waals surface area contributed by atoms with Crippen molar-refractivity contribution in [2.45, 2.75) is 78.7 Å². The third-order valence-electron chi connectivity index (χ3n) is 7.72. The van der Waals surface area contributed by atoms with Crippen molar-refractivity contribution in [1.29, 1.82) is 0 Å². The highest BCUT2D eigenvalue weighted by Gasteiger charge is 2.35. The molecule has 0 aliphatic carbocycles. The van der Waals surface area contributed by atoms with E-state index in [1.54, 1.807) is 27.0 Å². The van der Waals surface area contributed by atoms with Gasteiger partial charge in [-0.1, -0.05) is 20.8 Å². The van der Waals surface area contributed by atoms with Gasteiger partial charge in [0.15, 0.2) is 0 Å². The smallest absolute Gasteiger partial charge is 0.274 e. The molecule has 0 saturated carbocycles. The Morgan fingerprint density at radius 1 is 1.04 bits per heavy atom. The number of amides is 3. The van der Waals surface area contributed by atoms with E-state index in [4.69, 9.17) is 9.47 Å². The minimum absolute atomic E-state index is 0.0417. The molecule has 47 heavy (non-hydrogen) atoms. The zero-order chi connectivity index (χ0) is 35.1. The van der Waals surface area contributed by atoms with Crippen LogP contribution in [-0.2, 0) is 19.1 Å². The Hall–Kier alpha value is -4.36. The minimum Gasteiger partial charge on any atom is -0.379 e. The van der Waals surface area contributed by atoms with Crippen LogP contribution in [0.1, 0.15) is 77.0 Å². The Labute approximate surface area is 272 Å². The molecule has 1 aliphatic rings. The molecule has 0 spiro atoms. The van der Waals surface area contributed by atoms with Crippen molar-refractivity contribution in [3.63, 3.8) is 0 Å². The Kier molecular flexibility index (Phi) is 12.6. The van der Waals surface area contributed by atoms with E-state index in [2.05, 4.69) is 25.9 Å². The summed E-state index contributed by atoms with van der Waals surface area (Å²) in [6.45, 7) is 13.2. The van der Waals surface area contributed by atoms with Crippen LogP contribution in [0, 0.1) is 29.3 Å². The Balaban J connectivity index is 0.000000913. The standard InChI is InChI=1S/C29H30F3N5O4.C5H12O/c1-14(2)28(39)35-17-9-20(31)26(21(32)10-17)27-19(30)5-6-22(36-27)29(40)37-24-12-33-8-7-18(24)25-11-23(34-13-38)15(3)16(4)41-25;1-5(2,3)6-4/h5-10,12-16,23,25H,11H2,1-4H3,(H,34,38)(H,35,39)(H,37,40);1-4H3. The van der Waals surface area contributed by atoms with Gasteiger partial charge in [-0.3, -0.25) is 19.4 Å². The van der Waals surface area contributed by atoms with Crippen molar-refractivity contribution in [3.05, 3.63) is 71.4 Å². The number of carbonyl (C=O) groups is 3. The zero-order valence-electron chi connectivity index (χ0n) is 27.8. The molecule has 1 saturated heterocycles. The monoisotopic (exact) mass is 657 g/mol. The molecule has 4 atom stereocenters. The van der Waals surface area contributed by atoms with Crippen molar-refractivity contribution in [3.8, 4) is 11.3 Å². The third kappa shape index (κ3) is 9.82. The molecule has 1 aliphatic heterocycles. The van der Waals surface area contributed by atoms with Gasteiger partial charge < -0.3 is 25.4 Å². The van der Waals surface area contributed by atoms with Crippen LogP contribution in [0.3, 0.4) is 0 Å². The number of methoxy groups -OCH3 is 1. The lowest BCUT2D eigenvalue weighted by Crippen LogP contribution is -2.45. The molecule has 0 radical (unpaired) electrons. The fourth-order valence-corrected chi connectivity index (χ4v) is 4.60. The Morgan fingerprint density at radius 3 is 2.26 bits per heavy atom. The van der Waals surface area contributed by atoms with Crippen molar-refractivity contribution < 1.29 is 37.0 Å². The Bertz CT molecular complexity index is 1560. The second-order valence-corrected chi connectivity index (χ2v) is 12.5. The molecule has 1 aromatic carbocycles. The highest BCUT2D eigenvalue weighted by Crippen LogP contribution is 2.37. The number of rotatable bonds is 8. The van der Waals surface area contributed by atoms with Crippen LogP contribution in [0.5, 0.6) is 0 Å². The van der Waals surface area contributed by atoms with Gasteiger partial charge in [0.2, 0.25) is 12.3 Å². The molecular formula is C34H42F3N5O5. The van der Waals surface area contributed by atoms with Gasteiger partial charge in [-0.2, -0.15) is 0 Å². The molecule has 0 bridgehead atoms. The summed E-state index contributed by atoms with van der Waals surface area (Å²) < 4.78 is 55.8. The van der Waals surface area contributed by atoms with Gasteiger partial charge >= 0.3 is 0 Å². The van der Waals surface area contributed by atoms with E-state index in [1.165, 1.54) is 12.4 Å². The fraction of sp³-hybridized carbons (Fsp3) is 0.441. The molecule has 3 N–H and O–H groups in total.